The molecule has 0 bridgehead atoms. The third kappa shape index (κ3) is 3.13. The number of nitrogens with two attached hydrogens (primary N) is 1. The Hall–Kier alpha value is -2.56. The molecule has 0 aliphatic rings. The second-order valence-corrected chi connectivity index (χ2v) is 4.48. The van der Waals surface area contributed by atoms with Gasteiger partial charge in [-0.05, 0) is 43.3 Å². The maximum Gasteiger partial charge on any atom is 0.260 e. The lowest BCUT2D eigenvalue weighted by atomic mass is 10.1. The van der Waals surface area contributed by atoms with E-state index >= 15 is 0 Å². The number of amides is 1. The first-order chi connectivity index (χ1) is 10.1. The Morgan fingerprint density at radius 1 is 1.29 bits per heavy atom. The molecule has 2 N–H and O–H groups in total. The number of halogens is 1. The molecule has 1 amide bonds. The highest BCUT2D eigenvalue weighted by Gasteiger charge is 2.19. The highest BCUT2D eigenvalue weighted by Crippen LogP contribution is 2.24. The van der Waals surface area contributed by atoms with Crippen molar-refractivity contribution in [3.05, 3.63) is 53.8 Å². The number of nitrogen functional groups attached to an aromatic ring is 1. The first kappa shape index (κ1) is 14.8. The van der Waals surface area contributed by atoms with E-state index in [1.165, 1.54) is 24.1 Å². The second-order valence-electron chi connectivity index (χ2n) is 4.48. The van der Waals surface area contributed by atoms with Gasteiger partial charge in [0.15, 0.2) is 0 Å². The summed E-state index contributed by atoms with van der Waals surface area (Å²) in [5.41, 5.74) is 7.05. The summed E-state index contributed by atoms with van der Waals surface area (Å²) in [6.45, 7) is 2.22. The van der Waals surface area contributed by atoms with E-state index in [0.717, 1.165) is 0 Å². The van der Waals surface area contributed by atoms with Crippen molar-refractivity contribution in [3.8, 4) is 5.75 Å². The summed E-state index contributed by atoms with van der Waals surface area (Å²) in [5, 5.41) is 0. The fourth-order valence-electron chi connectivity index (χ4n) is 2.08. The number of nitrogens with zero attached hydrogens (tertiary/aromatic N) is 1. The molecule has 0 atom stereocenters. The molecule has 2 aromatic rings. The van der Waals surface area contributed by atoms with Gasteiger partial charge in [-0.3, -0.25) is 4.79 Å². The number of carbonyl (C=O) groups excluding carboxylic acids is 1. The zero-order chi connectivity index (χ0) is 15.4. The van der Waals surface area contributed by atoms with Gasteiger partial charge in [0.05, 0.1) is 12.7 Å². The van der Waals surface area contributed by atoms with E-state index in [-0.39, 0.29) is 5.91 Å². The minimum absolute atomic E-state index is 0.292. The van der Waals surface area contributed by atoms with E-state index in [1.807, 2.05) is 6.92 Å². The van der Waals surface area contributed by atoms with Gasteiger partial charge >= 0.3 is 0 Å². The molecule has 21 heavy (non-hydrogen) atoms. The summed E-state index contributed by atoms with van der Waals surface area (Å²) in [5.74, 6) is -0.139. The van der Waals surface area contributed by atoms with Crippen molar-refractivity contribution in [2.75, 3.05) is 24.3 Å². The predicted octanol–water partition coefficient (Wildman–Crippen LogP) is 3.08. The Bertz CT molecular complexity index is 658. The van der Waals surface area contributed by atoms with Gasteiger partial charge in [-0.25, -0.2) is 4.39 Å². The van der Waals surface area contributed by atoms with Crippen molar-refractivity contribution in [2.24, 2.45) is 0 Å². The fourth-order valence-corrected chi connectivity index (χ4v) is 2.08. The Balaban J connectivity index is 2.41. The van der Waals surface area contributed by atoms with Gasteiger partial charge in [0.1, 0.15) is 11.6 Å². The SMILES string of the molecule is CCN(C(=O)c1cc(OC)ccc1N)c1cccc(F)c1. The molecule has 0 aliphatic heterocycles. The smallest absolute Gasteiger partial charge is 0.260 e. The maximum atomic E-state index is 13.3. The van der Waals surface area contributed by atoms with Crippen LogP contribution in [0.2, 0.25) is 0 Å². The van der Waals surface area contributed by atoms with Crippen molar-refractivity contribution in [1.82, 2.24) is 0 Å². The first-order valence-electron chi connectivity index (χ1n) is 6.57. The molecule has 0 fully saturated rings. The molecule has 4 nitrogen and oxygen atoms in total. The van der Waals surface area contributed by atoms with E-state index in [2.05, 4.69) is 0 Å². The van der Waals surface area contributed by atoms with Crippen molar-refractivity contribution in [2.45, 2.75) is 6.92 Å². The molecule has 0 aromatic heterocycles. The zero-order valence-electron chi connectivity index (χ0n) is 12.0. The number of benzene rings is 2. The molecule has 0 radical (unpaired) electrons. The molecule has 0 aliphatic carbocycles. The van der Waals surface area contributed by atoms with Crippen LogP contribution in [0, 0.1) is 5.82 Å². The van der Waals surface area contributed by atoms with Crippen LogP contribution < -0.4 is 15.4 Å². The van der Waals surface area contributed by atoms with Gasteiger partial charge in [0.25, 0.3) is 5.91 Å². The molecule has 5 heteroatoms. The number of ether oxygens (including phenoxy) is 1. The van der Waals surface area contributed by atoms with Gasteiger partial charge in [-0.1, -0.05) is 6.07 Å². The van der Waals surface area contributed by atoms with Crippen LogP contribution in [0.25, 0.3) is 0 Å². The lowest BCUT2D eigenvalue weighted by molar-refractivity contribution is 0.0989. The second kappa shape index (κ2) is 6.26. The summed E-state index contributed by atoms with van der Waals surface area (Å²) in [4.78, 5) is 14.1. The molecule has 0 unspecified atom stereocenters. The van der Waals surface area contributed by atoms with E-state index in [9.17, 15) is 9.18 Å². The quantitative estimate of drug-likeness (QED) is 0.880. The van der Waals surface area contributed by atoms with Gasteiger partial charge in [0.2, 0.25) is 0 Å². The van der Waals surface area contributed by atoms with Crippen LogP contribution in [0.3, 0.4) is 0 Å². The van der Waals surface area contributed by atoms with Crippen molar-refractivity contribution in [3.63, 3.8) is 0 Å². The third-order valence-electron chi connectivity index (χ3n) is 3.17. The van der Waals surface area contributed by atoms with Gasteiger partial charge in [-0.2, -0.15) is 0 Å². The molecule has 0 saturated heterocycles. The molecular weight excluding hydrogens is 271 g/mol. The lowest BCUT2D eigenvalue weighted by Crippen LogP contribution is -2.31. The highest BCUT2D eigenvalue weighted by atomic mass is 19.1. The number of rotatable bonds is 4. The van der Waals surface area contributed by atoms with Gasteiger partial charge in [-0.15, -0.1) is 0 Å². The summed E-state index contributed by atoms with van der Waals surface area (Å²) >= 11 is 0. The average molecular weight is 288 g/mol. The Kier molecular flexibility index (Phi) is 4.42. The van der Waals surface area contributed by atoms with E-state index < -0.39 is 5.82 Å². The topological polar surface area (TPSA) is 55.6 Å². The number of hydrogen-bond donors (Lipinski definition) is 1. The van der Waals surface area contributed by atoms with Crippen molar-refractivity contribution in [1.29, 1.82) is 0 Å². The minimum atomic E-state index is -0.391. The van der Waals surface area contributed by atoms with Crippen LogP contribution >= 0.6 is 0 Å². The predicted molar refractivity (Wildman–Crippen MR) is 81.2 cm³/mol. The Labute approximate surface area is 122 Å². The first-order valence-corrected chi connectivity index (χ1v) is 6.57. The zero-order valence-corrected chi connectivity index (χ0v) is 12.0. The normalized spacial score (nSPS) is 10.2. The molecule has 2 aromatic carbocycles. The van der Waals surface area contributed by atoms with Crippen LogP contribution in [0.15, 0.2) is 42.5 Å². The number of methoxy groups -OCH3 is 1. The molecule has 0 spiro atoms. The van der Waals surface area contributed by atoms with Gasteiger partial charge < -0.3 is 15.4 Å². The molecule has 0 heterocycles. The molecule has 0 saturated carbocycles. The fraction of sp³-hybridized carbons (Fsp3) is 0.188. The van der Waals surface area contributed by atoms with Crippen molar-refractivity contribution >= 4 is 17.3 Å². The molecule has 110 valence electrons. The average Bonchev–Trinajstić information content (AvgIpc) is 2.48. The number of carbonyl (C=O) groups is 1. The summed E-state index contributed by atoms with van der Waals surface area (Å²) in [6, 6.07) is 10.8. The van der Waals surface area contributed by atoms with Crippen LogP contribution in [-0.4, -0.2) is 19.6 Å². The molecule has 2 rings (SSSR count). The van der Waals surface area contributed by atoms with E-state index in [4.69, 9.17) is 10.5 Å². The largest absolute Gasteiger partial charge is 0.497 e. The maximum absolute atomic E-state index is 13.3. The highest BCUT2D eigenvalue weighted by molar-refractivity contribution is 6.09. The van der Waals surface area contributed by atoms with E-state index in [1.54, 1.807) is 30.3 Å². The van der Waals surface area contributed by atoms with Crippen LogP contribution in [0.5, 0.6) is 5.75 Å². The summed E-state index contributed by atoms with van der Waals surface area (Å²) in [7, 11) is 1.52. The third-order valence-corrected chi connectivity index (χ3v) is 3.17. The Morgan fingerprint density at radius 3 is 2.67 bits per heavy atom. The molecular formula is C16H17FN2O2. The minimum Gasteiger partial charge on any atom is -0.497 e. The summed E-state index contributed by atoms with van der Waals surface area (Å²) in [6.07, 6.45) is 0. The van der Waals surface area contributed by atoms with Crippen LogP contribution in [-0.2, 0) is 0 Å². The summed E-state index contributed by atoms with van der Waals surface area (Å²) < 4.78 is 18.5. The van der Waals surface area contributed by atoms with Gasteiger partial charge in [0, 0.05) is 17.9 Å². The number of anilines is 2. The monoisotopic (exact) mass is 288 g/mol. The van der Waals surface area contributed by atoms with E-state index in [0.29, 0.717) is 29.2 Å². The standard InChI is InChI=1S/C16H17FN2O2/c1-3-19(12-6-4-5-11(17)9-12)16(20)14-10-13(21-2)7-8-15(14)18/h4-10H,3,18H2,1-2H3. The van der Waals surface area contributed by atoms with Crippen molar-refractivity contribution < 1.29 is 13.9 Å². The van der Waals surface area contributed by atoms with Crippen LogP contribution in [0.4, 0.5) is 15.8 Å². The van der Waals surface area contributed by atoms with Crippen LogP contribution in [0.1, 0.15) is 17.3 Å². The lowest BCUT2D eigenvalue weighted by Gasteiger charge is -2.22. The Morgan fingerprint density at radius 2 is 2.05 bits per heavy atom. The number of hydrogen-bond acceptors (Lipinski definition) is 3.